The van der Waals surface area contributed by atoms with Crippen LogP contribution in [0.2, 0.25) is 0 Å². The molecule has 1 aliphatic heterocycles. The van der Waals surface area contributed by atoms with Crippen molar-refractivity contribution in [3.8, 4) is 5.88 Å². The standard InChI is InChI=1S/C11H15N3O3/c1-11(10(15)16)4-3-5-14(11)8-6-9(17-2)13-7-12-8/h6-7H,3-5H2,1-2H3,(H,15,16). The Morgan fingerprint density at radius 1 is 1.59 bits per heavy atom. The molecule has 1 aliphatic rings. The Bertz CT molecular complexity index is 438. The summed E-state index contributed by atoms with van der Waals surface area (Å²) in [6, 6.07) is 1.66. The van der Waals surface area contributed by atoms with Gasteiger partial charge in [-0.1, -0.05) is 0 Å². The summed E-state index contributed by atoms with van der Waals surface area (Å²) in [5.74, 6) is 0.210. The average Bonchev–Trinajstić information content (AvgIpc) is 2.73. The van der Waals surface area contributed by atoms with Crippen molar-refractivity contribution >= 4 is 11.8 Å². The van der Waals surface area contributed by atoms with E-state index in [4.69, 9.17) is 4.74 Å². The van der Waals surface area contributed by atoms with E-state index in [0.717, 1.165) is 6.42 Å². The quantitative estimate of drug-likeness (QED) is 0.842. The minimum Gasteiger partial charge on any atom is -0.481 e. The van der Waals surface area contributed by atoms with Crippen LogP contribution in [0.4, 0.5) is 5.82 Å². The van der Waals surface area contributed by atoms with Crippen LogP contribution in [0.15, 0.2) is 12.4 Å². The Hall–Kier alpha value is -1.85. The van der Waals surface area contributed by atoms with Crippen LogP contribution in [0.3, 0.4) is 0 Å². The minimum absolute atomic E-state index is 0.439. The Morgan fingerprint density at radius 2 is 2.35 bits per heavy atom. The van der Waals surface area contributed by atoms with Gasteiger partial charge in [0.1, 0.15) is 17.7 Å². The molecule has 2 rings (SSSR count). The third-order valence-electron chi connectivity index (χ3n) is 3.22. The van der Waals surface area contributed by atoms with Crippen LogP contribution in [0.5, 0.6) is 5.88 Å². The molecule has 1 N–H and O–H groups in total. The van der Waals surface area contributed by atoms with E-state index in [-0.39, 0.29) is 0 Å². The molecule has 17 heavy (non-hydrogen) atoms. The van der Waals surface area contributed by atoms with Crippen LogP contribution in [0, 0.1) is 0 Å². The lowest BCUT2D eigenvalue weighted by molar-refractivity contribution is -0.142. The molecule has 0 radical (unpaired) electrons. The highest BCUT2D eigenvalue weighted by Crippen LogP contribution is 2.33. The van der Waals surface area contributed by atoms with Gasteiger partial charge in [0, 0.05) is 12.6 Å². The predicted molar refractivity (Wildman–Crippen MR) is 61.2 cm³/mol. The highest BCUT2D eigenvalue weighted by Gasteiger charge is 2.44. The SMILES string of the molecule is COc1cc(N2CCCC2(C)C(=O)O)ncn1. The van der Waals surface area contributed by atoms with Crippen LogP contribution < -0.4 is 9.64 Å². The summed E-state index contributed by atoms with van der Waals surface area (Å²) in [5, 5.41) is 9.31. The summed E-state index contributed by atoms with van der Waals surface area (Å²) < 4.78 is 5.02. The van der Waals surface area contributed by atoms with Crippen molar-refractivity contribution < 1.29 is 14.6 Å². The molecule has 1 unspecified atom stereocenters. The number of hydrogen-bond acceptors (Lipinski definition) is 5. The molecule has 92 valence electrons. The maximum atomic E-state index is 11.3. The van der Waals surface area contributed by atoms with E-state index in [1.807, 2.05) is 0 Å². The van der Waals surface area contributed by atoms with Crippen LogP contribution in [-0.2, 0) is 4.79 Å². The first-order valence-electron chi connectivity index (χ1n) is 5.45. The van der Waals surface area contributed by atoms with Gasteiger partial charge in [0.25, 0.3) is 0 Å². The van der Waals surface area contributed by atoms with Crippen LogP contribution in [0.1, 0.15) is 19.8 Å². The van der Waals surface area contributed by atoms with Crippen molar-refractivity contribution in [3.63, 3.8) is 0 Å². The molecule has 1 aromatic rings. The summed E-state index contributed by atoms with van der Waals surface area (Å²) in [6.45, 7) is 2.40. The molecular formula is C11H15N3O3. The van der Waals surface area contributed by atoms with Crippen molar-refractivity contribution in [2.75, 3.05) is 18.6 Å². The molecule has 0 amide bonds. The summed E-state index contributed by atoms with van der Waals surface area (Å²) in [5.41, 5.74) is -0.890. The number of nitrogens with zero attached hydrogens (tertiary/aromatic N) is 3. The molecule has 6 heteroatoms. The topological polar surface area (TPSA) is 75.5 Å². The largest absolute Gasteiger partial charge is 0.481 e. The van der Waals surface area contributed by atoms with E-state index in [1.165, 1.54) is 13.4 Å². The lowest BCUT2D eigenvalue weighted by Crippen LogP contribution is -2.48. The number of rotatable bonds is 3. The Morgan fingerprint density at radius 3 is 3.00 bits per heavy atom. The van der Waals surface area contributed by atoms with Gasteiger partial charge in [-0.15, -0.1) is 0 Å². The van der Waals surface area contributed by atoms with Crippen molar-refractivity contribution in [3.05, 3.63) is 12.4 Å². The maximum absolute atomic E-state index is 11.3. The molecule has 1 saturated heterocycles. The molecule has 1 aromatic heterocycles. The first kappa shape index (κ1) is 11.6. The first-order chi connectivity index (χ1) is 8.08. The summed E-state index contributed by atoms with van der Waals surface area (Å²) in [7, 11) is 1.52. The van der Waals surface area contributed by atoms with E-state index in [9.17, 15) is 9.90 Å². The highest BCUT2D eigenvalue weighted by atomic mass is 16.5. The molecule has 6 nitrogen and oxygen atoms in total. The van der Waals surface area contributed by atoms with Crippen LogP contribution in [-0.4, -0.2) is 40.2 Å². The van der Waals surface area contributed by atoms with Crippen molar-refractivity contribution in [1.29, 1.82) is 0 Å². The van der Waals surface area contributed by atoms with Gasteiger partial charge in [0.15, 0.2) is 0 Å². The number of anilines is 1. The molecule has 0 saturated carbocycles. The van der Waals surface area contributed by atoms with E-state index in [0.29, 0.717) is 24.7 Å². The van der Waals surface area contributed by atoms with Gasteiger partial charge in [-0.2, -0.15) is 0 Å². The van der Waals surface area contributed by atoms with Gasteiger partial charge in [0.2, 0.25) is 5.88 Å². The smallest absolute Gasteiger partial charge is 0.329 e. The Kier molecular flexibility index (Phi) is 2.87. The second kappa shape index (κ2) is 4.20. The molecule has 0 aliphatic carbocycles. The molecule has 1 atom stereocenters. The third kappa shape index (κ3) is 1.90. The Balaban J connectivity index is 2.35. The second-order valence-corrected chi connectivity index (χ2v) is 4.25. The zero-order valence-electron chi connectivity index (χ0n) is 9.88. The van der Waals surface area contributed by atoms with Crippen LogP contribution in [0.25, 0.3) is 0 Å². The van der Waals surface area contributed by atoms with Gasteiger partial charge in [-0.05, 0) is 19.8 Å². The molecule has 1 fully saturated rings. The number of aliphatic carboxylic acids is 1. The van der Waals surface area contributed by atoms with Crippen molar-refractivity contribution in [2.24, 2.45) is 0 Å². The lowest BCUT2D eigenvalue weighted by Gasteiger charge is -2.32. The first-order valence-corrected chi connectivity index (χ1v) is 5.45. The summed E-state index contributed by atoms with van der Waals surface area (Å²) >= 11 is 0. The zero-order chi connectivity index (χ0) is 12.5. The fraction of sp³-hybridized carbons (Fsp3) is 0.545. The van der Waals surface area contributed by atoms with Gasteiger partial charge < -0.3 is 14.7 Å². The second-order valence-electron chi connectivity index (χ2n) is 4.25. The van der Waals surface area contributed by atoms with E-state index < -0.39 is 11.5 Å². The Labute approximate surface area is 99.2 Å². The van der Waals surface area contributed by atoms with E-state index in [1.54, 1.807) is 17.9 Å². The van der Waals surface area contributed by atoms with Gasteiger partial charge in [-0.3, -0.25) is 0 Å². The number of ether oxygens (including phenoxy) is 1. The predicted octanol–water partition coefficient (Wildman–Crippen LogP) is 0.929. The van der Waals surface area contributed by atoms with E-state index in [2.05, 4.69) is 9.97 Å². The molecule has 0 aromatic carbocycles. The van der Waals surface area contributed by atoms with Gasteiger partial charge in [0.05, 0.1) is 7.11 Å². The monoisotopic (exact) mass is 237 g/mol. The number of hydrogen-bond donors (Lipinski definition) is 1. The number of methoxy groups -OCH3 is 1. The molecular weight excluding hydrogens is 222 g/mol. The van der Waals surface area contributed by atoms with Crippen molar-refractivity contribution in [1.82, 2.24) is 9.97 Å². The number of carboxylic acid groups (broad SMARTS) is 1. The number of carboxylic acids is 1. The molecule has 0 bridgehead atoms. The molecule has 0 spiro atoms. The molecule has 2 heterocycles. The number of aromatic nitrogens is 2. The normalized spacial score (nSPS) is 23.8. The lowest BCUT2D eigenvalue weighted by atomic mass is 9.99. The fourth-order valence-corrected chi connectivity index (χ4v) is 2.14. The summed E-state index contributed by atoms with van der Waals surface area (Å²) in [4.78, 5) is 21.2. The number of carbonyl (C=O) groups is 1. The van der Waals surface area contributed by atoms with Crippen molar-refractivity contribution in [2.45, 2.75) is 25.3 Å². The highest BCUT2D eigenvalue weighted by molar-refractivity contribution is 5.83. The minimum atomic E-state index is -0.890. The zero-order valence-corrected chi connectivity index (χ0v) is 9.88. The maximum Gasteiger partial charge on any atom is 0.329 e. The average molecular weight is 237 g/mol. The third-order valence-corrected chi connectivity index (χ3v) is 3.22. The van der Waals surface area contributed by atoms with Gasteiger partial charge >= 0.3 is 5.97 Å². The van der Waals surface area contributed by atoms with E-state index >= 15 is 0 Å². The summed E-state index contributed by atoms with van der Waals surface area (Å²) in [6.07, 6.45) is 2.85. The van der Waals surface area contributed by atoms with Gasteiger partial charge in [-0.25, -0.2) is 14.8 Å². The fourth-order valence-electron chi connectivity index (χ4n) is 2.14. The van der Waals surface area contributed by atoms with Crippen LogP contribution >= 0.6 is 0 Å².